The molecule has 2 aliphatic rings. The maximum Gasteiger partial charge on any atom is 0.419 e. The molecule has 5 rings (SSSR count). The summed E-state index contributed by atoms with van der Waals surface area (Å²) >= 11 is 0. The number of piperazine rings is 1. The maximum atomic E-state index is 14.7. The quantitative estimate of drug-likeness (QED) is 0.509. The Morgan fingerprint density at radius 3 is 2.54 bits per heavy atom. The molecule has 198 valence electrons. The van der Waals surface area contributed by atoms with Gasteiger partial charge in [0.1, 0.15) is 5.69 Å². The van der Waals surface area contributed by atoms with Crippen molar-refractivity contribution >= 4 is 22.9 Å². The third kappa shape index (κ3) is 4.04. The summed E-state index contributed by atoms with van der Waals surface area (Å²) in [5, 5.41) is 14.0. The van der Waals surface area contributed by atoms with Gasteiger partial charge in [0.25, 0.3) is 0 Å². The Hall–Kier alpha value is -3.51. The van der Waals surface area contributed by atoms with Crippen LogP contribution in [0, 0.1) is 11.6 Å². The monoisotopic (exact) mass is 524 g/mol. The van der Waals surface area contributed by atoms with Gasteiger partial charge in [-0.25, -0.2) is 18.4 Å². The molecule has 1 saturated carbocycles. The molecule has 1 spiro atoms. The van der Waals surface area contributed by atoms with Crippen molar-refractivity contribution < 1.29 is 31.9 Å². The van der Waals surface area contributed by atoms with Crippen LogP contribution in [-0.2, 0) is 18.0 Å². The molecule has 2 aromatic heterocycles. The Kier molecular flexibility index (Phi) is 5.99. The molecule has 0 atom stereocenters. The van der Waals surface area contributed by atoms with Gasteiger partial charge in [0.2, 0.25) is 11.9 Å². The number of anilines is 1. The van der Waals surface area contributed by atoms with Gasteiger partial charge in [-0.15, -0.1) is 0 Å². The molecule has 1 amide bonds. The fraction of sp³-hybridized carbons (Fsp3) is 0.500. The summed E-state index contributed by atoms with van der Waals surface area (Å²) in [5.41, 5.74) is -2.83. The number of nitrogens with zero attached hydrogens (tertiary/aromatic N) is 6. The number of aromatic nitrogens is 4. The topological polar surface area (TPSA) is 87.4 Å². The van der Waals surface area contributed by atoms with Crippen molar-refractivity contribution in [2.45, 2.75) is 50.7 Å². The number of carbonyl (C=O) groups is 1. The molecular weight excluding hydrogens is 499 g/mol. The molecule has 1 aliphatic carbocycles. The lowest BCUT2D eigenvalue weighted by molar-refractivity contribution is -0.143. The minimum absolute atomic E-state index is 0.136. The zero-order chi connectivity index (χ0) is 26.7. The summed E-state index contributed by atoms with van der Waals surface area (Å²) in [6.07, 6.45) is 0.219. The molecule has 2 fully saturated rings. The van der Waals surface area contributed by atoms with Crippen molar-refractivity contribution in [1.29, 1.82) is 0 Å². The Morgan fingerprint density at radius 1 is 1.19 bits per heavy atom. The van der Waals surface area contributed by atoms with E-state index in [2.05, 4.69) is 15.1 Å². The van der Waals surface area contributed by atoms with Crippen LogP contribution >= 0.6 is 0 Å². The van der Waals surface area contributed by atoms with E-state index in [0.717, 1.165) is 25.7 Å². The lowest BCUT2D eigenvalue weighted by Gasteiger charge is -2.56. The third-order valence-electron chi connectivity index (χ3n) is 7.29. The number of amides is 1. The van der Waals surface area contributed by atoms with E-state index in [4.69, 9.17) is 0 Å². The number of hydrogen-bond acceptors (Lipinski definition) is 6. The summed E-state index contributed by atoms with van der Waals surface area (Å²) in [6.45, 7) is 3.55. The summed E-state index contributed by atoms with van der Waals surface area (Å²) in [4.78, 5) is 25.5. The molecule has 0 radical (unpaired) electrons. The predicted octanol–water partition coefficient (Wildman–Crippen LogP) is 4.40. The zero-order valence-electron chi connectivity index (χ0n) is 20.2. The highest BCUT2D eigenvalue weighted by atomic mass is 19.4. The maximum absolute atomic E-state index is 14.7. The van der Waals surface area contributed by atoms with E-state index in [0.29, 0.717) is 32.0 Å². The summed E-state index contributed by atoms with van der Waals surface area (Å²) < 4.78 is 69.8. The molecule has 1 aliphatic heterocycles. The van der Waals surface area contributed by atoms with Crippen LogP contribution in [0.15, 0.2) is 12.3 Å². The fourth-order valence-corrected chi connectivity index (χ4v) is 5.28. The van der Waals surface area contributed by atoms with Crippen molar-refractivity contribution in [3.05, 3.63) is 29.5 Å². The largest absolute Gasteiger partial charge is 0.503 e. The number of hydrogen-bond donors (Lipinski definition) is 1. The Morgan fingerprint density at radius 2 is 1.92 bits per heavy atom. The second-order valence-corrected chi connectivity index (χ2v) is 9.62. The first-order valence-electron chi connectivity index (χ1n) is 12.0. The molecule has 3 heterocycles. The number of fused-ring (bicyclic) bond motifs is 1. The first-order chi connectivity index (χ1) is 17.5. The zero-order valence-corrected chi connectivity index (χ0v) is 20.2. The smallest absolute Gasteiger partial charge is 0.419 e. The van der Waals surface area contributed by atoms with Gasteiger partial charge in [-0.2, -0.15) is 23.3 Å². The average Bonchev–Trinajstić information content (AvgIpc) is 3.16. The number of benzene rings is 1. The molecular formula is C24H25F5N6O2. The van der Waals surface area contributed by atoms with Crippen molar-refractivity contribution in [3.63, 3.8) is 0 Å². The number of aryl methyl sites for hydroxylation is 1. The molecule has 8 nitrogen and oxygen atoms in total. The van der Waals surface area contributed by atoms with E-state index in [9.17, 15) is 31.9 Å². The summed E-state index contributed by atoms with van der Waals surface area (Å²) in [5.74, 6) is -4.89. The van der Waals surface area contributed by atoms with E-state index >= 15 is 0 Å². The van der Waals surface area contributed by atoms with Crippen LogP contribution in [0.4, 0.5) is 27.9 Å². The molecule has 37 heavy (non-hydrogen) atoms. The van der Waals surface area contributed by atoms with E-state index < -0.39 is 34.7 Å². The second-order valence-electron chi connectivity index (χ2n) is 9.62. The number of phenols is 1. The molecule has 1 aromatic carbocycles. The third-order valence-corrected chi connectivity index (χ3v) is 7.29. The van der Waals surface area contributed by atoms with E-state index in [1.807, 2.05) is 16.7 Å². The predicted molar refractivity (Wildman–Crippen MR) is 124 cm³/mol. The average molecular weight is 524 g/mol. The molecule has 3 aromatic rings. The first-order valence-corrected chi connectivity index (χ1v) is 12.0. The highest BCUT2D eigenvalue weighted by molar-refractivity contribution is 5.91. The minimum atomic E-state index is -5.16. The minimum Gasteiger partial charge on any atom is -0.503 e. The van der Waals surface area contributed by atoms with Gasteiger partial charge in [0.15, 0.2) is 23.0 Å². The molecule has 1 saturated heterocycles. The highest BCUT2D eigenvalue weighted by Gasteiger charge is 2.48. The second kappa shape index (κ2) is 8.80. The number of halogens is 5. The van der Waals surface area contributed by atoms with Crippen molar-refractivity contribution in [3.8, 4) is 17.0 Å². The van der Waals surface area contributed by atoms with Crippen LogP contribution in [0.25, 0.3) is 22.3 Å². The number of aromatic hydroxyl groups is 1. The van der Waals surface area contributed by atoms with Gasteiger partial charge >= 0.3 is 6.18 Å². The van der Waals surface area contributed by atoms with Crippen molar-refractivity contribution in [2.75, 3.05) is 24.5 Å². The Labute approximate surface area is 208 Å². The summed E-state index contributed by atoms with van der Waals surface area (Å²) in [7, 11) is 1.49. The van der Waals surface area contributed by atoms with Gasteiger partial charge in [-0.1, -0.05) is 6.92 Å². The fourth-order valence-electron chi connectivity index (χ4n) is 5.28. The van der Waals surface area contributed by atoms with Gasteiger partial charge in [0.05, 0.1) is 16.5 Å². The lowest BCUT2D eigenvalue weighted by atomic mass is 9.73. The number of rotatable bonds is 4. The highest BCUT2D eigenvalue weighted by Crippen LogP contribution is 2.43. The Balaban J connectivity index is 1.51. The van der Waals surface area contributed by atoms with Crippen molar-refractivity contribution in [2.24, 2.45) is 7.05 Å². The van der Waals surface area contributed by atoms with Crippen LogP contribution in [0.2, 0.25) is 0 Å². The standard InChI is InChI=1S/C24H25F5N6O2/c1-3-5-16(36)35-9-8-34(12-23(35)6-4-7-23)22-30-11-14-19(32-33(2)21(14)31-22)13-10-15(24(27,28)29)18(26)20(37)17(13)25/h10-11,37H,3-9,12H2,1-2H3. The van der Waals surface area contributed by atoms with Gasteiger partial charge in [-0.3, -0.25) is 4.79 Å². The van der Waals surface area contributed by atoms with Crippen LogP contribution < -0.4 is 4.90 Å². The molecule has 1 N–H and O–H groups in total. The molecule has 13 heteroatoms. The molecule has 0 unspecified atom stereocenters. The van der Waals surface area contributed by atoms with Crippen LogP contribution in [0.5, 0.6) is 5.75 Å². The van der Waals surface area contributed by atoms with Gasteiger partial charge in [0, 0.05) is 44.9 Å². The van der Waals surface area contributed by atoms with Crippen LogP contribution in [0.1, 0.15) is 44.6 Å². The number of carbonyl (C=O) groups excluding carboxylic acids is 1. The van der Waals surface area contributed by atoms with Crippen molar-refractivity contribution in [1.82, 2.24) is 24.6 Å². The normalized spacial score (nSPS) is 17.5. The first kappa shape index (κ1) is 25.2. The number of alkyl halides is 3. The van der Waals surface area contributed by atoms with Gasteiger partial charge < -0.3 is 14.9 Å². The van der Waals surface area contributed by atoms with E-state index in [-0.39, 0.29) is 34.2 Å². The lowest BCUT2D eigenvalue weighted by Crippen LogP contribution is -2.67. The molecule has 0 bridgehead atoms. The Bertz CT molecular complexity index is 1380. The summed E-state index contributed by atoms with van der Waals surface area (Å²) in [6, 6.07) is 0.285. The SMILES string of the molecule is CCCC(=O)N1CCN(c2ncc3c(-c4cc(C(F)(F)F)c(F)c(O)c4F)nn(C)c3n2)CC12CCC2. The number of phenolic OH excluding ortho intramolecular Hbond substituents is 1. The van der Waals surface area contributed by atoms with Gasteiger partial charge in [-0.05, 0) is 31.7 Å². The van der Waals surface area contributed by atoms with E-state index in [1.54, 1.807) is 0 Å². The van der Waals surface area contributed by atoms with Crippen LogP contribution in [-0.4, -0.2) is 60.8 Å². The van der Waals surface area contributed by atoms with E-state index in [1.165, 1.54) is 17.9 Å². The van der Waals surface area contributed by atoms with Crippen LogP contribution in [0.3, 0.4) is 0 Å².